The number of hydrogen-bond donors (Lipinski definition) is 1. The molecule has 170 valence electrons. The highest BCUT2D eigenvalue weighted by Gasteiger charge is 2.34. The van der Waals surface area contributed by atoms with Gasteiger partial charge >= 0.3 is 0 Å². The van der Waals surface area contributed by atoms with Gasteiger partial charge in [0.1, 0.15) is 5.75 Å². The van der Waals surface area contributed by atoms with Gasteiger partial charge < -0.3 is 10.1 Å². The van der Waals surface area contributed by atoms with E-state index in [0.717, 1.165) is 15.5 Å². The predicted octanol–water partition coefficient (Wildman–Crippen LogP) is 5.82. The number of nitrogens with one attached hydrogen (secondary N) is 1. The third kappa shape index (κ3) is 4.78. The Bertz CT molecular complexity index is 1300. The van der Waals surface area contributed by atoms with Crippen molar-refractivity contribution in [1.29, 1.82) is 0 Å². The molecule has 0 radical (unpaired) electrons. The van der Waals surface area contributed by atoms with Crippen LogP contribution in [0.2, 0.25) is 0 Å². The molecular weight excluding hydrogens is 466 g/mol. The zero-order valence-electron chi connectivity index (χ0n) is 18.1. The molecule has 1 aliphatic rings. The van der Waals surface area contributed by atoms with Crippen molar-refractivity contribution in [2.75, 3.05) is 11.9 Å². The van der Waals surface area contributed by atoms with Crippen LogP contribution in [0.25, 0.3) is 0 Å². The van der Waals surface area contributed by atoms with Crippen LogP contribution in [0, 0.1) is 0 Å². The van der Waals surface area contributed by atoms with Crippen LogP contribution in [0.5, 0.6) is 5.75 Å². The number of nitrogens with zero attached hydrogens (tertiary/aromatic N) is 2. The molecule has 2 aromatic heterocycles. The molecule has 1 N–H and O–H groups in total. The van der Waals surface area contributed by atoms with Gasteiger partial charge in [-0.05, 0) is 47.2 Å². The molecule has 4 aromatic rings. The van der Waals surface area contributed by atoms with Crippen molar-refractivity contribution in [2.24, 2.45) is 5.10 Å². The van der Waals surface area contributed by atoms with Gasteiger partial charge in [-0.1, -0.05) is 42.5 Å². The Morgan fingerprint density at radius 3 is 2.47 bits per heavy atom. The predicted molar refractivity (Wildman–Crippen MR) is 136 cm³/mol. The zero-order chi connectivity index (χ0) is 23.3. The van der Waals surface area contributed by atoms with E-state index in [4.69, 9.17) is 4.74 Å². The van der Waals surface area contributed by atoms with Gasteiger partial charge in [-0.15, -0.1) is 22.7 Å². The van der Waals surface area contributed by atoms with Crippen molar-refractivity contribution >= 4 is 45.9 Å². The van der Waals surface area contributed by atoms with Gasteiger partial charge in [-0.2, -0.15) is 5.10 Å². The summed E-state index contributed by atoms with van der Waals surface area (Å²) < 4.78 is 5.85. The molecule has 0 bridgehead atoms. The second-order valence-electron chi connectivity index (χ2n) is 7.60. The smallest absolute Gasteiger partial charge is 0.281 e. The normalized spacial score (nSPS) is 15.1. The fourth-order valence-corrected chi connectivity index (χ4v) is 5.27. The van der Waals surface area contributed by atoms with Crippen LogP contribution in [0.1, 0.15) is 32.6 Å². The molecule has 1 unspecified atom stereocenters. The lowest BCUT2D eigenvalue weighted by atomic mass is 10.1. The first-order chi connectivity index (χ1) is 16.7. The number of benzene rings is 2. The molecule has 0 spiro atoms. The Hall–Kier alpha value is -3.75. The number of hydrogen-bond acceptors (Lipinski definition) is 6. The first-order valence-corrected chi connectivity index (χ1v) is 12.5. The number of anilines is 1. The summed E-state index contributed by atoms with van der Waals surface area (Å²) >= 11 is 3.21. The van der Waals surface area contributed by atoms with Crippen molar-refractivity contribution in [1.82, 2.24) is 5.01 Å². The summed E-state index contributed by atoms with van der Waals surface area (Å²) in [6.07, 6.45) is 0.656. The van der Waals surface area contributed by atoms with Gasteiger partial charge in [0, 0.05) is 17.0 Å². The first kappa shape index (κ1) is 22.1. The Balaban J connectivity index is 1.32. The maximum atomic E-state index is 13.2. The number of amides is 2. The van der Waals surface area contributed by atoms with Crippen LogP contribution in [0.15, 0.2) is 94.7 Å². The highest BCUT2D eigenvalue weighted by Crippen LogP contribution is 2.36. The fraction of sp³-hybridized carbons (Fsp3) is 0.115. The Morgan fingerprint density at radius 1 is 0.941 bits per heavy atom. The molecule has 1 atom stereocenters. The van der Waals surface area contributed by atoms with E-state index in [-0.39, 0.29) is 24.5 Å². The van der Waals surface area contributed by atoms with Crippen LogP contribution in [-0.4, -0.2) is 29.1 Å². The Labute approximate surface area is 205 Å². The number of carbonyl (C=O) groups is 2. The third-order valence-electron chi connectivity index (χ3n) is 5.36. The molecule has 8 heteroatoms. The lowest BCUT2D eigenvalue weighted by molar-refractivity contribution is -0.135. The van der Waals surface area contributed by atoms with Gasteiger partial charge in [0.05, 0.1) is 22.2 Å². The standard InChI is InChI=1S/C26H21N3O3S2/c30-25(29-21(24-13-7-15-34-24)16-20(28-29)23-12-6-14-33-23)17-32-22-11-5-4-10-19(22)26(31)27-18-8-2-1-3-9-18/h1-15,21H,16-17H2,(H,27,31). The molecule has 3 heterocycles. The van der Waals surface area contributed by atoms with Crippen molar-refractivity contribution in [3.8, 4) is 5.75 Å². The summed E-state index contributed by atoms with van der Waals surface area (Å²) in [5.41, 5.74) is 1.94. The minimum atomic E-state index is -0.301. The molecule has 2 aromatic carbocycles. The molecule has 0 saturated carbocycles. The summed E-state index contributed by atoms with van der Waals surface area (Å²) in [6, 6.07) is 23.9. The minimum absolute atomic E-state index is 0.162. The SMILES string of the molecule is O=C(Nc1ccccc1)c1ccccc1OCC(=O)N1N=C(c2cccs2)CC1c1cccs1. The molecule has 0 saturated heterocycles. The van der Waals surface area contributed by atoms with E-state index in [9.17, 15) is 9.59 Å². The van der Waals surface area contributed by atoms with Crippen LogP contribution in [0.4, 0.5) is 5.69 Å². The lowest BCUT2D eigenvalue weighted by Gasteiger charge is -2.21. The molecule has 1 aliphatic heterocycles. The van der Waals surface area contributed by atoms with Crippen molar-refractivity contribution < 1.29 is 14.3 Å². The number of rotatable bonds is 7. The number of ether oxygens (including phenoxy) is 1. The van der Waals surface area contributed by atoms with Crippen molar-refractivity contribution in [3.63, 3.8) is 0 Å². The van der Waals surface area contributed by atoms with E-state index < -0.39 is 0 Å². The van der Waals surface area contributed by atoms with Crippen molar-refractivity contribution in [2.45, 2.75) is 12.5 Å². The Kier molecular flexibility index (Phi) is 6.51. The number of para-hydroxylation sites is 2. The quantitative estimate of drug-likeness (QED) is 0.357. The van der Waals surface area contributed by atoms with E-state index in [2.05, 4.69) is 10.4 Å². The van der Waals surface area contributed by atoms with E-state index in [0.29, 0.717) is 23.4 Å². The van der Waals surface area contributed by atoms with Crippen LogP contribution < -0.4 is 10.1 Å². The van der Waals surface area contributed by atoms with Crippen LogP contribution >= 0.6 is 22.7 Å². The van der Waals surface area contributed by atoms with Gasteiger partial charge in [0.2, 0.25) is 0 Å². The minimum Gasteiger partial charge on any atom is -0.483 e. The van der Waals surface area contributed by atoms with Crippen molar-refractivity contribution in [3.05, 3.63) is 105 Å². The van der Waals surface area contributed by atoms with E-state index in [1.54, 1.807) is 46.9 Å². The number of thiophene rings is 2. The maximum Gasteiger partial charge on any atom is 0.281 e. The molecule has 0 fully saturated rings. The van der Waals surface area contributed by atoms with E-state index in [1.165, 1.54) is 5.01 Å². The highest BCUT2D eigenvalue weighted by atomic mass is 32.1. The number of hydrazone groups is 1. The first-order valence-electron chi connectivity index (χ1n) is 10.7. The van der Waals surface area contributed by atoms with Crippen LogP contribution in [0.3, 0.4) is 0 Å². The topological polar surface area (TPSA) is 71.0 Å². The second kappa shape index (κ2) is 10.0. The highest BCUT2D eigenvalue weighted by molar-refractivity contribution is 7.12. The van der Waals surface area contributed by atoms with Gasteiger partial charge in [0.15, 0.2) is 6.61 Å². The molecule has 5 rings (SSSR count). The summed E-state index contributed by atoms with van der Waals surface area (Å²) in [5, 5.41) is 13.0. The largest absolute Gasteiger partial charge is 0.483 e. The lowest BCUT2D eigenvalue weighted by Crippen LogP contribution is -2.31. The zero-order valence-corrected chi connectivity index (χ0v) is 19.7. The molecule has 2 amide bonds. The molecule has 0 aliphatic carbocycles. The van der Waals surface area contributed by atoms with Gasteiger partial charge in [-0.25, -0.2) is 5.01 Å². The average Bonchev–Trinajstić information content (AvgIpc) is 3.64. The van der Waals surface area contributed by atoms with Gasteiger partial charge in [-0.3, -0.25) is 9.59 Å². The van der Waals surface area contributed by atoms with E-state index in [1.807, 2.05) is 65.4 Å². The summed E-state index contributed by atoms with van der Waals surface area (Å²) in [6.45, 7) is -0.223. The summed E-state index contributed by atoms with van der Waals surface area (Å²) in [7, 11) is 0. The Morgan fingerprint density at radius 2 is 1.71 bits per heavy atom. The molecule has 6 nitrogen and oxygen atoms in total. The molecule has 34 heavy (non-hydrogen) atoms. The monoisotopic (exact) mass is 487 g/mol. The summed E-state index contributed by atoms with van der Waals surface area (Å²) in [4.78, 5) is 28.2. The average molecular weight is 488 g/mol. The maximum absolute atomic E-state index is 13.2. The third-order valence-corrected chi connectivity index (χ3v) is 7.25. The summed E-state index contributed by atoms with van der Waals surface area (Å²) in [5.74, 6) is -0.216. The number of carbonyl (C=O) groups excluding carboxylic acids is 2. The second-order valence-corrected chi connectivity index (χ2v) is 9.53. The molecular formula is C26H21N3O3S2. The van der Waals surface area contributed by atoms with E-state index >= 15 is 0 Å². The van der Waals surface area contributed by atoms with Crippen LogP contribution in [-0.2, 0) is 4.79 Å². The fourth-order valence-electron chi connectivity index (χ4n) is 3.74. The van der Waals surface area contributed by atoms with Gasteiger partial charge in [0.25, 0.3) is 11.8 Å².